The molecule has 1 amide bonds. The summed E-state index contributed by atoms with van der Waals surface area (Å²) in [7, 11) is -4.56. The molecule has 0 bridgehead atoms. The van der Waals surface area contributed by atoms with E-state index in [1.54, 1.807) is 18.2 Å². The quantitative estimate of drug-likeness (QED) is 0.425. The van der Waals surface area contributed by atoms with Gasteiger partial charge in [0.1, 0.15) is 10.7 Å². The van der Waals surface area contributed by atoms with Crippen LogP contribution in [0.15, 0.2) is 58.3 Å². The maximum Gasteiger partial charge on any atom is 0.434 e. The van der Waals surface area contributed by atoms with Crippen LogP contribution >= 0.6 is 0 Å². The summed E-state index contributed by atoms with van der Waals surface area (Å²) in [4.78, 5) is 16.7. The van der Waals surface area contributed by atoms with Crippen LogP contribution in [0.4, 0.5) is 30.4 Å². The number of halogens is 3. The lowest BCUT2D eigenvalue weighted by atomic mass is 9.87. The van der Waals surface area contributed by atoms with E-state index in [9.17, 15) is 31.5 Å². The molecule has 2 aliphatic heterocycles. The standard InChI is InChI=1S/C27H27F3N4O4S/c1-26(2,3)17-5-7-19(8-6-17)39(37,38)22-11-16-12-31-21-10-15(25(36)34-13-18(35)14-34)4-9-20(21)32-24(16)33-23(22)27(28,29)30/h4-11,18,31,35H,12-14H2,1-3H3,(H,32,33). The highest BCUT2D eigenvalue weighted by Gasteiger charge is 2.41. The zero-order chi connectivity index (χ0) is 28.3. The molecule has 2 aliphatic rings. The molecule has 1 aromatic heterocycles. The lowest BCUT2D eigenvalue weighted by Crippen LogP contribution is -2.53. The van der Waals surface area contributed by atoms with E-state index in [0.29, 0.717) is 16.9 Å². The minimum Gasteiger partial charge on any atom is -0.389 e. The van der Waals surface area contributed by atoms with Gasteiger partial charge in [-0.05, 0) is 47.4 Å². The molecule has 1 saturated heterocycles. The van der Waals surface area contributed by atoms with Crippen molar-refractivity contribution in [3.63, 3.8) is 0 Å². The van der Waals surface area contributed by atoms with Crippen molar-refractivity contribution in [2.45, 2.75) is 54.8 Å². The van der Waals surface area contributed by atoms with E-state index in [4.69, 9.17) is 0 Å². The molecule has 2 aromatic carbocycles. The molecule has 12 heteroatoms. The first kappa shape index (κ1) is 26.9. The summed E-state index contributed by atoms with van der Waals surface area (Å²) >= 11 is 0. The number of benzene rings is 2. The summed E-state index contributed by atoms with van der Waals surface area (Å²) in [5.41, 5.74) is 0.429. The Labute approximate surface area is 223 Å². The Morgan fingerprint density at radius 1 is 1.03 bits per heavy atom. The van der Waals surface area contributed by atoms with Crippen LogP contribution in [0.5, 0.6) is 0 Å². The number of rotatable bonds is 3. The van der Waals surface area contributed by atoms with E-state index in [1.807, 2.05) is 20.8 Å². The molecule has 3 aromatic rings. The van der Waals surface area contributed by atoms with Crippen molar-refractivity contribution in [1.82, 2.24) is 9.88 Å². The van der Waals surface area contributed by atoms with Crippen LogP contribution in [-0.2, 0) is 28.0 Å². The van der Waals surface area contributed by atoms with Gasteiger partial charge in [0.15, 0.2) is 5.69 Å². The van der Waals surface area contributed by atoms with Crippen LogP contribution in [0, 0.1) is 0 Å². The number of likely N-dealkylation sites (tertiary alicyclic amines) is 1. The number of nitrogens with zero attached hydrogens (tertiary/aromatic N) is 2. The lowest BCUT2D eigenvalue weighted by Gasteiger charge is -2.36. The molecule has 0 unspecified atom stereocenters. The normalized spacial score (nSPS) is 15.8. The van der Waals surface area contributed by atoms with Crippen LogP contribution in [0.2, 0.25) is 0 Å². The monoisotopic (exact) mass is 560 g/mol. The number of pyridine rings is 1. The number of nitrogens with one attached hydrogen (secondary N) is 2. The summed E-state index contributed by atoms with van der Waals surface area (Å²) < 4.78 is 69.3. The minimum atomic E-state index is -5.04. The van der Waals surface area contributed by atoms with Crippen molar-refractivity contribution in [2.75, 3.05) is 23.7 Å². The molecule has 0 saturated carbocycles. The molecule has 3 N–H and O–H groups in total. The largest absolute Gasteiger partial charge is 0.434 e. The number of aliphatic hydroxyl groups is 1. The molecule has 0 aliphatic carbocycles. The highest BCUT2D eigenvalue weighted by molar-refractivity contribution is 7.91. The van der Waals surface area contributed by atoms with Gasteiger partial charge in [0.05, 0.1) is 22.4 Å². The molecule has 1 fully saturated rings. The fourth-order valence-corrected chi connectivity index (χ4v) is 5.96. The number of β-amino-alcohol motifs (C(OH)–C–C–N with tert-alkyl or cyclic N) is 1. The van der Waals surface area contributed by atoms with Gasteiger partial charge in [-0.2, -0.15) is 13.2 Å². The van der Waals surface area contributed by atoms with Crippen molar-refractivity contribution >= 4 is 32.9 Å². The molecule has 5 rings (SSSR count). The average molecular weight is 561 g/mol. The number of hydrogen-bond donors (Lipinski definition) is 3. The van der Waals surface area contributed by atoms with Crippen molar-refractivity contribution in [3.05, 3.63) is 70.9 Å². The predicted octanol–water partition coefficient (Wildman–Crippen LogP) is 4.72. The number of amides is 1. The number of anilines is 3. The van der Waals surface area contributed by atoms with Crippen molar-refractivity contribution in [3.8, 4) is 0 Å². The second-order valence-corrected chi connectivity index (χ2v) is 12.6. The summed E-state index contributed by atoms with van der Waals surface area (Å²) in [6.45, 7) is 6.26. The Morgan fingerprint density at radius 2 is 1.69 bits per heavy atom. The molecular formula is C27H27F3N4O4S. The average Bonchev–Trinajstić information content (AvgIpc) is 3.03. The smallest absolute Gasteiger partial charge is 0.389 e. The Bertz CT molecular complexity index is 1560. The number of carbonyl (C=O) groups is 1. The van der Waals surface area contributed by atoms with Crippen LogP contribution in [0.1, 0.15) is 48.0 Å². The van der Waals surface area contributed by atoms with E-state index in [2.05, 4.69) is 15.6 Å². The first-order chi connectivity index (χ1) is 18.1. The lowest BCUT2D eigenvalue weighted by molar-refractivity contribution is -0.143. The fraction of sp³-hybridized carbons (Fsp3) is 0.333. The summed E-state index contributed by atoms with van der Waals surface area (Å²) in [6, 6.07) is 11.4. The molecule has 3 heterocycles. The molecule has 0 spiro atoms. The minimum absolute atomic E-state index is 0.0357. The number of hydrogen-bond acceptors (Lipinski definition) is 7. The Morgan fingerprint density at radius 3 is 2.28 bits per heavy atom. The number of fused-ring (bicyclic) bond motifs is 2. The molecular weight excluding hydrogens is 533 g/mol. The van der Waals surface area contributed by atoms with E-state index in [1.165, 1.54) is 29.2 Å². The number of aliphatic hydroxyl groups excluding tert-OH is 1. The number of carbonyl (C=O) groups excluding carboxylic acids is 1. The van der Waals surface area contributed by atoms with E-state index < -0.39 is 32.7 Å². The number of aromatic nitrogens is 1. The fourth-order valence-electron chi connectivity index (χ4n) is 4.50. The zero-order valence-electron chi connectivity index (χ0n) is 21.4. The third kappa shape index (κ3) is 5.06. The van der Waals surface area contributed by atoms with E-state index >= 15 is 0 Å². The van der Waals surface area contributed by atoms with Gasteiger partial charge in [0.25, 0.3) is 5.91 Å². The van der Waals surface area contributed by atoms with Gasteiger partial charge in [-0.25, -0.2) is 13.4 Å². The van der Waals surface area contributed by atoms with Crippen LogP contribution < -0.4 is 10.6 Å². The van der Waals surface area contributed by atoms with Crippen LogP contribution in [0.25, 0.3) is 0 Å². The van der Waals surface area contributed by atoms with E-state index in [0.717, 1.165) is 11.6 Å². The van der Waals surface area contributed by atoms with Crippen molar-refractivity contribution < 1.29 is 31.5 Å². The maximum atomic E-state index is 14.1. The Balaban J connectivity index is 1.52. The van der Waals surface area contributed by atoms with Gasteiger partial charge in [0.2, 0.25) is 9.84 Å². The van der Waals surface area contributed by atoms with Crippen molar-refractivity contribution in [2.24, 2.45) is 0 Å². The van der Waals surface area contributed by atoms with Gasteiger partial charge in [0, 0.05) is 30.8 Å². The second kappa shape index (κ2) is 9.23. The highest BCUT2D eigenvalue weighted by Crippen LogP contribution is 2.40. The summed E-state index contributed by atoms with van der Waals surface area (Å²) in [6.07, 6.45) is -5.59. The molecule has 206 valence electrons. The second-order valence-electron chi connectivity index (χ2n) is 10.7. The number of alkyl halides is 3. The van der Waals surface area contributed by atoms with Crippen LogP contribution in [-0.4, -0.2) is 48.5 Å². The van der Waals surface area contributed by atoms with Crippen LogP contribution in [0.3, 0.4) is 0 Å². The first-order valence-corrected chi connectivity index (χ1v) is 13.7. The first-order valence-electron chi connectivity index (χ1n) is 12.2. The van der Waals surface area contributed by atoms with Gasteiger partial charge in [-0.15, -0.1) is 0 Å². The summed E-state index contributed by atoms with van der Waals surface area (Å²) in [5, 5.41) is 15.4. The van der Waals surface area contributed by atoms with Crippen molar-refractivity contribution in [1.29, 1.82) is 0 Å². The summed E-state index contributed by atoms with van der Waals surface area (Å²) in [5.74, 6) is -0.421. The van der Waals surface area contributed by atoms with Gasteiger partial charge < -0.3 is 20.6 Å². The Kier molecular flexibility index (Phi) is 6.38. The maximum absolute atomic E-state index is 14.1. The molecule has 0 radical (unpaired) electrons. The SMILES string of the molecule is CC(C)(C)c1ccc(S(=O)(=O)c2cc3c(nc2C(F)(F)F)Nc2ccc(C(=O)N4CC(O)C4)cc2NC3)cc1. The third-order valence-electron chi connectivity index (χ3n) is 6.79. The third-order valence-corrected chi connectivity index (χ3v) is 8.58. The van der Waals surface area contributed by atoms with Gasteiger partial charge in [-0.1, -0.05) is 32.9 Å². The Hall–Kier alpha value is -3.64. The molecule has 0 atom stereocenters. The molecule has 8 nitrogen and oxygen atoms in total. The van der Waals surface area contributed by atoms with Gasteiger partial charge in [-0.3, -0.25) is 4.79 Å². The highest BCUT2D eigenvalue weighted by atomic mass is 32.2. The van der Waals surface area contributed by atoms with E-state index in [-0.39, 0.29) is 47.2 Å². The van der Waals surface area contributed by atoms with Gasteiger partial charge >= 0.3 is 6.18 Å². The topological polar surface area (TPSA) is 112 Å². The number of sulfone groups is 1. The predicted molar refractivity (Wildman–Crippen MR) is 139 cm³/mol. The zero-order valence-corrected chi connectivity index (χ0v) is 22.2. The molecule has 39 heavy (non-hydrogen) atoms.